The molecule has 2 heterocycles. The van der Waals surface area contributed by atoms with Crippen LogP contribution in [0.25, 0.3) is 16.6 Å². The molecule has 28 heavy (non-hydrogen) atoms. The van der Waals surface area contributed by atoms with E-state index in [1.54, 1.807) is 31.3 Å². The smallest absolute Gasteiger partial charge is 0.278 e. The molecule has 0 radical (unpaired) electrons. The van der Waals surface area contributed by atoms with E-state index in [1.807, 2.05) is 24.3 Å². The van der Waals surface area contributed by atoms with Gasteiger partial charge in [-0.3, -0.25) is 19.9 Å². The van der Waals surface area contributed by atoms with E-state index in [9.17, 15) is 14.9 Å². The maximum absolute atomic E-state index is 12.7. The Hall–Kier alpha value is -4.14. The lowest BCUT2D eigenvalue weighted by molar-refractivity contribution is -0.384. The summed E-state index contributed by atoms with van der Waals surface area (Å²) >= 11 is 0. The molecule has 4 rings (SSSR count). The number of hydrogen-bond donors (Lipinski definition) is 1. The molecule has 0 aliphatic heterocycles. The number of nitrogens with one attached hydrogen (secondary N) is 1. The van der Waals surface area contributed by atoms with Crippen molar-refractivity contribution in [2.24, 2.45) is 0 Å². The van der Waals surface area contributed by atoms with Gasteiger partial charge in [0.15, 0.2) is 5.69 Å². The van der Waals surface area contributed by atoms with E-state index in [4.69, 9.17) is 0 Å². The maximum atomic E-state index is 12.7. The first-order valence-electron chi connectivity index (χ1n) is 8.37. The third kappa shape index (κ3) is 3.05. The van der Waals surface area contributed by atoms with E-state index in [1.165, 1.54) is 16.8 Å². The summed E-state index contributed by atoms with van der Waals surface area (Å²) in [6, 6.07) is 15.2. The number of benzene rings is 2. The van der Waals surface area contributed by atoms with E-state index in [-0.39, 0.29) is 11.4 Å². The molecule has 0 bridgehead atoms. The second kappa shape index (κ2) is 6.88. The molecule has 0 aliphatic rings. The Morgan fingerprint density at radius 1 is 1.14 bits per heavy atom. The third-order valence-corrected chi connectivity index (χ3v) is 4.28. The Labute approximate surface area is 158 Å². The van der Waals surface area contributed by atoms with Crippen LogP contribution in [-0.4, -0.2) is 30.8 Å². The minimum atomic E-state index is -0.489. The molecule has 4 aromatic rings. The van der Waals surface area contributed by atoms with Crippen molar-refractivity contribution >= 4 is 28.2 Å². The largest absolute Gasteiger partial charge is 0.319 e. The van der Waals surface area contributed by atoms with Gasteiger partial charge in [-0.05, 0) is 25.1 Å². The van der Waals surface area contributed by atoms with E-state index < -0.39 is 10.8 Å². The van der Waals surface area contributed by atoms with Crippen molar-refractivity contribution in [3.8, 4) is 5.69 Å². The monoisotopic (exact) mass is 374 g/mol. The molecular weight excluding hydrogens is 360 g/mol. The molecule has 138 valence electrons. The number of anilines is 1. The molecule has 1 amide bonds. The molecule has 1 N–H and O–H groups in total. The summed E-state index contributed by atoms with van der Waals surface area (Å²) in [6.07, 6.45) is 1.65. The Morgan fingerprint density at radius 2 is 1.93 bits per heavy atom. The molecule has 9 nitrogen and oxygen atoms in total. The van der Waals surface area contributed by atoms with Crippen LogP contribution in [-0.2, 0) is 0 Å². The minimum Gasteiger partial charge on any atom is -0.319 e. The molecule has 0 aliphatic carbocycles. The molecule has 0 unspecified atom stereocenters. The van der Waals surface area contributed by atoms with Crippen LogP contribution in [0.15, 0.2) is 60.8 Å². The predicted molar refractivity (Wildman–Crippen MR) is 102 cm³/mol. The summed E-state index contributed by atoms with van der Waals surface area (Å²) in [5.41, 5.74) is 2.20. The number of carbonyl (C=O) groups is 1. The average molecular weight is 374 g/mol. The number of amides is 1. The van der Waals surface area contributed by atoms with Gasteiger partial charge in [0.25, 0.3) is 11.6 Å². The zero-order chi connectivity index (χ0) is 19.7. The predicted octanol–water partition coefficient (Wildman–Crippen LogP) is 3.28. The zero-order valence-electron chi connectivity index (χ0n) is 14.7. The van der Waals surface area contributed by atoms with Crippen LogP contribution in [0, 0.1) is 17.0 Å². The SMILES string of the molecule is Cc1c(C(=O)Nc2cccc3cccnc23)nnn1-c1cccc([N+](=O)[O-])c1. The highest BCUT2D eigenvalue weighted by Crippen LogP contribution is 2.22. The summed E-state index contributed by atoms with van der Waals surface area (Å²) in [5, 5.41) is 22.6. The molecule has 2 aromatic heterocycles. The van der Waals surface area contributed by atoms with E-state index in [0.717, 1.165) is 5.39 Å². The summed E-state index contributed by atoms with van der Waals surface area (Å²) in [6.45, 7) is 1.68. The molecule has 0 fully saturated rings. The lowest BCUT2D eigenvalue weighted by Crippen LogP contribution is -2.14. The van der Waals surface area contributed by atoms with Crippen molar-refractivity contribution in [3.05, 3.63) is 82.3 Å². The van der Waals surface area contributed by atoms with Gasteiger partial charge in [0, 0.05) is 23.7 Å². The minimum absolute atomic E-state index is 0.0692. The van der Waals surface area contributed by atoms with Gasteiger partial charge in [-0.15, -0.1) is 5.10 Å². The highest BCUT2D eigenvalue weighted by Gasteiger charge is 2.19. The first-order chi connectivity index (χ1) is 13.5. The van der Waals surface area contributed by atoms with Gasteiger partial charge in [-0.1, -0.05) is 29.5 Å². The maximum Gasteiger partial charge on any atom is 0.278 e. The van der Waals surface area contributed by atoms with Crippen molar-refractivity contribution in [2.45, 2.75) is 6.92 Å². The summed E-state index contributed by atoms with van der Waals surface area (Å²) < 4.78 is 1.39. The Bertz CT molecular complexity index is 1210. The number of nitro groups is 1. The van der Waals surface area contributed by atoms with Gasteiger partial charge in [0.05, 0.1) is 27.5 Å². The fraction of sp³-hybridized carbons (Fsp3) is 0.0526. The standard InChI is InChI=1S/C19H14N6O3/c1-12-17(22-23-24(12)14-7-3-8-15(11-14)25(27)28)19(26)21-16-9-2-5-13-6-4-10-20-18(13)16/h2-11H,1H3,(H,21,26). The van der Waals surface area contributed by atoms with Crippen LogP contribution < -0.4 is 5.32 Å². The first kappa shape index (κ1) is 17.3. The van der Waals surface area contributed by atoms with Crippen molar-refractivity contribution in [2.75, 3.05) is 5.32 Å². The highest BCUT2D eigenvalue weighted by atomic mass is 16.6. The molecule has 0 spiro atoms. The normalized spacial score (nSPS) is 10.8. The quantitative estimate of drug-likeness (QED) is 0.433. The number of pyridine rings is 1. The van der Waals surface area contributed by atoms with Crippen molar-refractivity contribution in [3.63, 3.8) is 0 Å². The number of hydrogen-bond acceptors (Lipinski definition) is 6. The number of non-ortho nitro benzene ring substituents is 1. The second-order valence-corrected chi connectivity index (χ2v) is 6.05. The van der Waals surface area contributed by atoms with Crippen LogP contribution in [0.5, 0.6) is 0 Å². The summed E-state index contributed by atoms with van der Waals surface area (Å²) in [4.78, 5) is 27.5. The molecule has 9 heteroatoms. The number of carbonyl (C=O) groups excluding carboxylic acids is 1. The topological polar surface area (TPSA) is 116 Å². The number of para-hydroxylation sites is 1. The van der Waals surface area contributed by atoms with Gasteiger partial charge in [0.2, 0.25) is 0 Å². The fourth-order valence-electron chi connectivity index (χ4n) is 2.91. The lowest BCUT2D eigenvalue weighted by atomic mass is 10.2. The number of fused-ring (bicyclic) bond motifs is 1. The van der Waals surface area contributed by atoms with E-state index in [2.05, 4.69) is 20.6 Å². The van der Waals surface area contributed by atoms with Gasteiger partial charge in [-0.2, -0.15) is 0 Å². The Kier molecular flexibility index (Phi) is 4.24. The molecular formula is C19H14N6O3. The van der Waals surface area contributed by atoms with E-state index >= 15 is 0 Å². The number of aromatic nitrogens is 4. The molecule has 0 saturated heterocycles. The van der Waals surface area contributed by atoms with Gasteiger partial charge in [-0.25, -0.2) is 4.68 Å². The number of nitrogens with zero attached hydrogens (tertiary/aromatic N) is 5. The zero-order valence-corrected chi connectivity index (χ0v) is 14.7. The van der Waals surface area contributed by atoms with Crippen LogP contribution in [0.1, 0.15) is 16.2 Å². The number of nitro benzene ring substituents is 1. The van der Waals surface area contributed by atoms with Crippen molar-refractivity contribution < 1.29 is 9.72 Å². The van der Waals surface area contributed by atoms with Gasteiger partial charge < -0.3 is 5.32 Å². The van der Waals surface area contributed by atoms with Crippen LogP contribution in [0.2, 0.25) is 0 Å². The third-order valence-electron chi connectivity index (χ3n) is 4.28. The second-order valence-electron chi connectivity index (χ2n) is 6.05. The molecule has 2 aromatic carbocycles. The lowest BCUT2D eigenvalue weighted by Gasteiger charge is -2.07. The summed E-state index contributed by atoms with van der Waals surface area (Å²) in [7, 11) is 0. The molecule has 0 atom stereocenters. The first-order valence-corrected chi connectivity index (χ1v) is 8.37. The molecule has 0 saturated carbocycles. The van der Waals surface area contributed by atoms with Crippen LogP contribution in [0.4, 0.5) is 11.4 Å². The van der Waals surface area contributed by atoms with Crippen LogP contribution in [0.3, 0.4) is 0 Å². The van der Waals surface area contributed by atoms with Crippen molar-refractivity contribution in [1.82, 2.24) is 20.0 Å². The highest BCUT2D eigenvalue weighted by molar-refractivity contribution is 6.07. The fourth-order valence-corrected chi connectivity index (χ4v) is 2.91. The average Bonchev–Trinajstić information content (AvgIpc) is 3.10. The summed E-state index contributed by atoms with van der Waals surface area (Å²) in [5.74, 6) is -0.438. The van der Waals surface area contributed by atoms with Crippen LogP contribution >= 0.6 is 0 Å². The Balaban J connectivity index is 1.66. The Morgan fingerprint density at radius 3 is 2.75 bits per heavy atom. The van der Waals surface area contributed by atoms with E-state index in [0.29, 0.717) is 22.6 Å². The van der Waals surface area contributed by atoms with Crippen molar-refractivity contribution in [1.29, 1.82) is 0 Å². The van der Waals surface area contributed by atoms with Gasteiger partial charge in [0.1, 0.15) is 0 Å². The number of rotatable bonds is 4. The van der Waals surface area contributed by atoms with Gasteiger partial charge >= 0.3 is 0 Å².